The molecular weight excluding hydrogens is 679 g/mol. The molecule has 0 rings (SSSR count). The van der Waals surface area contributed by atoms with Gasteiger partial charge in [-0.1, -0.05) is 153 Å². The molecule has 8 heteroatoms. The highest BCUT2D eigenvalue weighted by molar-refractivity contribution is 5.72. The van der Waals surface area contributed by atoms with E-state index in [0.29, 0.717) is 19.3 Å². The molecule has 2 atom stereocenters. The molecule has 0 fully saturated rings. The molecule has 314 valence electrons. The van der Waals surface area contributed by atoms with Gasteiger partial charge in [0, 0.05) is 19.3 Å². The highest BCUT2D eigenvalue weighted by Crippen LogP contribution is 2.14. The number of carbonyl (C=O) groups is 3. The van der Waals surface area contributed by atoms with Crippen LogP contribution in [0.15, 0.2) is 36.5 Å². The molecule has 0 saturated heterocycles. The Morgan fingerprint density at radius 2 is 0.981 bits per heavy atom. The molecule has 0 aliphatic carbocycles. The highest BCUT2D eigenvalue weighted by atomic mass is 16.6. The van der Waals surface area contributed by atoms with Crippen LogP contribution in [-0.4, -0.2) is 80.6 Å². The second-order valence-electron chi connectivity index (χ2n) is 16.0. The van der Waals surface area contributed by atoms with Gasteiger partial charge in [-0.2, -0.15) is 0 Å². The first kappa shape index (κ1) is 51.5. The van der Waals surface area contributed by atoms with E-state index in [4.69, 9.17) is 14.2 Å². The van der Waals surface area contributed by atoms with Gasteiger partial charge in [0.25, 0.3) is 0 Å². The Bertz CT molecular complexity index is 984. The number of ether oxygens (including phenoxy) is 3. The maximum atomic E-state index is 12.7. The van der Waals surface area contributed by atoms with Crippen molar-refractivity contribution in [1.82, 2.24) is 0 Å². The van der Waals surface area contributed by atoms with Gasteiger partial charge in [-0.3, -0.25) is 9.59 Å². The molecule has 0 aromatic heterocycles. The summed E-state index contributed by atoms with van der Waals surface area (Å²) in [5.41, 5.74) is 0. The van der Waals surface area contributed by atoms with Gasteiger partial charge in [0.05, 0.1) is 34.4 Å². The van der Waals surface area contributed by atoms with Crippen molar-refractivity contribution in [3.05, 3.63) is 36.5 Å². The van der Waals surface area contributed by atoms with Crippen LogP contribution in [0.4, 0.5) is 0 Å². The third-order valence-corrected chi connectivity index (χ3v) is 9.79. The first-order valence-electron chi connectivity index (χ1n) is 22.0. The average molecular weight is 763 g/mol. The number of esters is 2. The molecule has 0 heterocycles. The van der Waals surface area contributed by atoms with Crippen molar-refractivity contribution < 1.29 is 38.2 Å². The minimum absolute atomic E-state index is 0.0540. The number of rotatable bonds is 39. The summed E-state index contributed by atoms with van der Waals surface area (Å²) in [7, 11) is 5.52. The zero-order valence-electron chi connectivity index (χ0n) is 35.7. The minimum Gasteiger partial charge on any atom is -0.477 e. The van der Waals surface area contributed by atoms with Crippen LogP contribution < -0.4 is 0 Å². The number of aliphatic carboxylic acids is 1. The number of hydrogen-bond acceptors (Lipinski definition) is 6. The van der Waals surface area contributed by atoms with Gasteiger partial charge in [0.1, 0.15) is 6.61 Å². The van der Waals surface area contributed by atoms with E-state index >= 15 is 0 Å². The molecule has 1 N–H and O–H groups in total. The number of carboxylic acids is 1. The molecule has 0 aliphatic heterocycles. The minimum atomic E-state index is -0.877. The van der Waals surface area contributed by atoms with E-state index in [0.717, 1.165) is 64.2 Å². The molecule has 0 aliphatic rings. The van der Waals surface area contributed by atoms with Gasteiger partial charge in [0.15, 0.2) is 12.1 Å². The third kappa shape index (κ3) is 35.3. The van der Waals surface area contributed by atoms with E-state index in [1.54, 1.807) is 0 Å². The number of unbranched alkanes of at least 4 members (excludes halogenated alkanes) is 19. The summed E-state index contributed by atoms with van der Waals surface area (Å²) in [4.78, 5) is 36.9. The third-order valence-electron chi connectivity index (χ3n) is 9.79. The predicted molar refractivity (Wildman–Crippen MR) is 225 cm³/mol. The highest BCUT2D eigenvalue weighted by Gasteiger charge is 2.31. The van der Waals surface area contributed by atoms with Crippen molar-refractivity contribution in [3.8, 4) is 0 Å². The summed E-state index contributed by atoms with van der Waals surface area (Å²) in [5.74, 6) is -1.48. The number of hydrogen-bond donors (Lipinski definition) is 1. The Labute approximate surface area is 332 Å². The fraction of sp³-hybridized carbons (Fsp3) is 0.804. The Morgan fingerprint density at radius 3 is 1.48 bits per heavy atom. The van der Waals surface area contributed by atoms with Crippen LogP contribution >= 0.6 is 0 Å². The maximum Gasteiger partial charge on any atom is 0.362 e. The van der Waals surface area contributed by atoms with E-state index in [-0.39, 0.29) is 36.2 Å². The first-order valence-corrected chi connectivity index (χ1v) is 22.0. The Kier molecular flexibility index (Phi) is 35.8. The number of carbonyl (C=O) groups excluding carboxylic acids is 2. The largest absolute Gasteiger partial charge is 0.477 e. The van der Waals surface area contributed by atoms with Crippen LogP contribution in [0.2, 0.25) is 0 Å². The molecule has 0 spiro atoms. The summed E-state index contributed by atoms with van der Waals surface area (Å²) in [6.45, 7) is 4.69. The van der Waals surface area contributed by atoms with E-state index in [2.05, 4.69) is 50.3 Å². The molecule has 8 nitrogen and oxygen atoms in total. The van der Waals surface area contributed by atoms with Crippen molar-refractivity contribution in [2.45, 2.75) is 199 Å². The quantitative estimate of drug-likeness (QED) is 0.0288. The fourth-order valence-electron chi connectivity index (χ4n) is 6.33. The molecule has 0 aromatic rings. The molecular formula is C46H84NO7+. The zero-order chi connectivity index (χ0) is 40.0. The van der Waals surface area contributed by atoms with E-state index in [1.165, 1.54) is 89.9 Å². The van der Waals surface area contributed by atoms with Crippen LogP contribution in [-0.2, 0) is 28.6 Å². The van der Waals surface area contributed by atoms with Crippen LogP contribution in [0.5, 0.6) is 0 Å². The fourth-order valence-corrected chi connectivity index (χ4v) is 6.33. The topological polar surface area (TPSA) is 99.1 Å². The van der Waals surface area contributed by atoms with Crippen molar-refractivity contribution in [1.29, 1.82) is 0 Å². The lowest BCUT2D eigenvalue weighted by atomic mass is 10.1. The first-order chi connectivity index (χ1) is 26.1. The van der Waals surface area contributed by atoms with Crippen molar-refractivity contribution in [2.24, 2.45) is 0 Å². The summed E-state index contributed by atoms with van der Waals surface area (Å²) in [5, 5.41) is 9.61. The van der Waals surface area contributed by atoms with Crippen LogP contribution in [0.25, 0.3) is 0 Å². The van der Waals surface area contributed by atoms with E-state index < -0.39 is 18.1 Å². The monoisotopic (exact) mass is 763 g/mol. The lowest BCUT2D eigenvalue weighted by Crippen LogP contribution is -2.50. The van der Waals surface area contributed by atoms with Gasteiger partial charge in [-0.15, -0.1) is 0 Å². The Balaban J connectivity index is 4.35. The maximum absolute atomic E-state index is 12.7. The molecule has 0 amide bonds. The van der Waals surface area contributed by atoms with Crippen LogP contribution in [0.3, 0.4) is 0 Å². The van der Waals surface area contributed by atoms with E-state index in [1.807, 2.05) is 21.1 Å². The zero-order valence-corrected chi connectivity index (χ0v) is 35.7. The van der Waals surface area contributed by atoms with Crippen molar-refractivity contribution in [3.63, 3.8) is 0 Å². The standard InChI is InChI=1S/C46H83NO7/c1-6-8-10-12-14-16-18-19-20-21-22-23-24-25-27-29-31-33-35-37-45(49)54-42(40-52-39-38-43(46(50)51)47(3,4)5)41-53-44(48)36-34-32-30-28-26-17-15-13-11-9-7-2/h14,16,19-20,22-23,42-43H,6-13,15,17-18,21,24-41H2,1-5H3/p+1/b16-14-,20-19-,23-22-. The SMILES string of the molecule is CCCCC/C=C\C/C=C\C/C=C\CCCCCCCCC(=O)OC(COCCC(C(=O)O)[N+](C)(C)C)COC(=O)CCCCCCCCCCCCC. The van der Waals surface area contributed by atoms with Gasteiger partial charge in [0.2, 0.25) is 0 Å². The number of nitrogens with zero attached hydrogens (tertiary/aromatic N) is 1. The normalized spacial score (nSPS) is 13.3. The molecule has 2 unspecified atom stereocenters. The summed E-state index contributed by atoms with van der Waals surface area (Å²) < 4.78 is 17.3. The molecule has 0 bridgehead atoms. The summed E-state index contributed by atoms with van der Waals surface area (Å²) >= 11 is 0. The Morgan fingerprint density at radius 1 is 0.556 bits per heavy atom. The van der Waals surface area contributed by atoms with Gasteiger partial charge < -0.3 is 23.8 Å². The predicted octanol–water partition coefficient (Wildman–Crippen LogP) is 11.9. The second kappa shape index (κ2) is 37.5. The molecule has 0 saturated carbocycles. The number of quaternary nitrogens is 1. The molecule has 54 heavy (non-hydrogen) atoms. The summed E-state index contributed by atoms with van der Waals surface area (Å²) in [6, 6.07) is -0.615. The number of carboxylic acid groups (broad SMARTS) is 1. The van der Waals surface area contributed by atoms with Crippen molar-refractivity contribution in [2.75, 3.05) is 41.0 Å². The second-order valence-corrected chi connectivity index (χ2v) is 16.0. The Hall–Kier alpha value is -2.45. The van der Waals surface area contributed by atoms with Gasteiger partial charge >= 0.3 is 17.9 Å². The molecule has 0 radical (unpaired) electrons. The van der Waals surface area contributed by atoms with E-state index in [9.17, 15) is 19.5 Å². The van der Waals surface area contributed by atoms with Gasteiger partial charge in [-0.25, -0.2) is 4.79 Å². The average Bonchev–Trinajstić information content (AvgIpc) is 3.12. The number of allylic oxidation sites excluding steroid dienone is 6. The lowest BCUT2D eigenvalue weighted by molar-refractivity contribution is -0.887. The van der Waals surface area contributed by atoms with Gasteiger partial charge in [-0.05, 0) is 51.4 Å². The lowest BCUT2D eigenvalue weighted by Gasteiger charge is -2.31. The van der Waals surface area contributed by atoms with Crippen LogP contribution in [0.1, 0.15) is 187 Å². The molecule has 0 aromatic carbocycles. The summed E-state index contributed by atoms with van der Waals surface area (Å²) in [6.07, 6.45) is 41.8. The van der Waals surface area contributed by atoms with Crippen LogP contribution in [0, 0.1) is 0 Å². The number of likely N-dealkylation sites (N-methyl/N-ethyl adjacent to an activating group) is 1. The smallest absolute Gasteiger partial charge is 0.362 e. The van der Waals surface area contributed by atoms with Crippen molar-refractivity contribution >= 4 is 17.9 Å².